The summed E-state index contributed by atoms with van der Waals surface area (Å²) in [7, 11) is 0. The average Bonchev–Trinajstić information content (AvgIpc) is 2.47. The van der Waals surface area contributed by atoms with Gasteiger partial charge in [0.2, 0.25) is 0 Å². The second kappa shape index (κ2) is 5.76. The summed E-state index contributed by atoms with van der Waals surface area (Å²) in [6, 6.07) is 13.9. The van der Waals surface area contributed by atoms with E-state index in [9.17, 15) is 14.5 Å². The molecule has 0 fully saturated rings. The topological polar surface area (TPSA) is 66.9 Å². The molecular weight excluding hydrogens is 259 g/mol. The molecule has 2 aromatic rings. The Labute approximate surface area is 114 Å². The van der Waals surface area contributed by atoms with Crippen LogP contribution in [0, 0.1) is 27.3 Å². The Balaban J connectivity index is 2.51. The van der Waals surface area contributed by atoms with Gasteiger partial charge >= 0.3 is 0 Å². The van der Waals surface area contributed by atoms with Crippen molar-refractivity contribution in [3.63, 3.8) is 0 Å². The van der Waals surface area contributed by atoms with Crippen LogP contribution in [0.5, 0.6) is 0 Å². The Morgan fingerprint density at radius 3 is 2.55 bits per heavy atom. The molecule has 0 aliphatic heterocycles. The predicted octanol–water partition coefficient (Wildman–Crippen LogP) is 3.47. The molecule has 0 amide bonds. The zero-order chi connectivity index (χ0) is 14.5. The van der Waals surface area contributed by atoms with Crippen LogP contribution in [0.3, 0.4) is 0 Å². The van der Waals surface area contributed by atoms with E-state index in [1.807, 2.05) is 0 Å². The second-order valence-corrected chi connectivity index (χ2v) is 4.00. The minimum Gasteiger partial charge on any atom is -0.258 e. The summed E-state index contributed by atoms with van der Waals surface area (Å²) in [5, 5.41) is 19.9. The van der Waals surface area contributed by atoms with Crippen LogP contribution in [0.1, 0.15) is 16.7 Å². The van der Waals surface area contributed by atoms with Crippen LogP contribution in [0.2, 0.25) is 0 Å². The van der Waals surface area contributed by atoms with Crippen molar-refractivity contribution in [2.45, 2.75) is 0 Å². The molecule has 0 saturated heterocycles. The van der Waals surface area contributed by atoms with E-state index in [1.54, 1.807) is 36.4 Å². The van der Waals surface area contributed by atoms with E-state index in [4.69, 9.17) is 5.26 Å². The fourth-order valence-electron chi connectivity index (χ4n) is 1.73. The molecule has 20 heavy (non-hydrogen) atoms. The van der Waals surface area contributed by atoms with Crippen LogP contribution in [0.4, 0.5) is 4.39 Å². The van der Waals surface area contributed by atoms with Crippen LogP contribution >= 0.6 is 0 Å². The number of nitro groups is 1. The molecule has 0 bridgehead atoms. The van der Waals surface area contributed by atoms with Gasteiger partial charge in [0.25, 0.3) is 5.70 Å². The molecule has 98 valence electrons. The van der Waals surface area contributed by atoms with Gasteiger partial charge in [0, 0.05) is 6.08 Å². The SMILES string of the molecule is N#Cc1cc(/C=C(\c2ccccc2)[N+](=O)[O-])ccc1F. The molecule has 0 aliphatic carbocycles. The van der Waals surface area contributed by atoms with Crippen molar-refractivity contribution >= 4 is 11.8 Å². The molecule has 2 rings (SSSR count). The fraction of sp³-hybridized carbons (Fsp3) is 0. The maximum atomic E-state index is 13.2. The first-order valence-electron chi connectivity index (χ1n) is 5.73. The summed E-state index contributed by atoms with van der Waals surface area (Å²) in [4.78, 5) is 10.6. The van der Waals surface area contributed by atoms with Crippen molar-refractivity contribution < 1.29 is 9.31 Å². The summed E-state index contributed by atoms with van der Waals surface area (Å²) in [5.41, 5.74) is 0.592. The Kier molecular flexibility index (Phi) is 3.87. The van der Waals surface area contributed by atoms with Crippen LogP contribution in [-0.2, 0) is 0 Å². The number of halogens is 1. The molecule has 0 heterocycles. The molecule has 4 nitrogen and oxygen atoms in total. The van der Waals surface area contributed by atoms with E-state index in [1.165, 1.54) is 18.2 Å². The monoisotopic (exact) mass is 268 g/mol. The summed E-state index contributed by atoms with van der Waals surface area (Å²) in [6.07, 6.45) is 1.32. The molecule has 0 aromatic heterocycles. The first-order chi connectivity index (χ1) is 9.61. The van der Waals surface area contributed by atoms with E-state index >= 15 is 0 Å². The molecule has 0 unspecified atom stereocenters. The van der Waals surface area contributed by atoms with Gasteiger partial charge in [-0.1, -0.05) is 24.3 Å². The average molecular weight is 268 g/mol. The highest BCUT2D eigenvalue weighted by molar-refractivity contribution is 5.76. The first kappa shape index (κ1) is 13.4. The van der Waals surface area contributed by atoms with E-state index in [2.05, 4.69) is 0 Å². The summed E-state index contributed by atoms with van der Waals surface area (Å²) in [5.74, 6) is -0.646. The molecule has 0 N–H and O–H groups in total. The molecule has 0 aliphatic rings. The Hall–Kier alpha value is -3.00. The first-order valence-corrected chi connectivity index (χ1v) is 5.73. The van der Waals surface area contributed by atoms with Gasteiger partial charge in [-0.15, -0.1) is 0 Å². The lowest BCUT2D eigenvalue weighted by Gasteiger charge is -2.00. The number of rotatable bonds is 3. The zero-order valence-electron chi connectivity index (χ0n) is 10.3. The Bertz CT molecular complexity index is 718. The van der Waals surface area contributed by atoms with Crippen molar-refractivity contribution in [1.29, 1.82) is 5.26 Å². The third-order valence-corrected chi connectivity index (χ3v) is 2.68. The van der Waals surface area contributed by atoms with E-state index in [-0.39, 0.29) is 11.3 Å². The van der Waals surface area contributed by atoms with Crippen LogP contribution < -0.4 is 0 Å². The van der Waals surface area contributed by atoms with Crippen molar-refractivity contribution in [2.24, 2.45) is 0 Å². The largest absolute Gasteiger partial charge is 0.277 e. The molecule has 2 aromatic carbocycles. The maximum Gasteiger partial charge on any atom is 0.277 e. The number of nitrogens with zero attached hydrogens (tertiary/aromatic N) is 2. The molecule has 0 spiro atoms. The van der Waals surface area contributed by atoms with Gasteiger partial charge in [-0.05, 0) is 29.8 Å². The Morgan fingerprint density at radius 2 is 1.95 bits per heavy atom. The van der Waals surface area contributed by atoms with Gasteiger partial charge in [-0.25, -0.2) is 4.39 Å². The van der Waals surface area contributed by atoms with Crippen LogP contribution in [0.15, 0.2) is 48.5 Å². The van der Waals surface area contributed by atoms with Crippen LogP contribution in [0.25, 0.3) is 11.8 Å². The second-order valence-electron chi connectivity index (χ2n) is 4.00. The smallest absolute Gasteiger partial charge is 0.258 e. The molecule has 0 radical (unpaired) electrons. The highest BCUT2D eigenvalue weighted by Gasteiger charge is 2.14. The number of hydrogen-bond donors (Lipinski definition) is 0. The van der Waals surface area contributed by atoms with Crippen LogP contribution in [-0.4, -0.2) is 4.92 Å². The summed E-state index contributed by atoms with van der Waals surface area (Å²) in [6.45, 7) is 0. The minimum absolute atomic E-state index is 0.110. The van der Waals surface area contributed by atoms with Gasteiger partial charge in [0.15, 0.2) is 0 Å². The zero-order valence-corrected chi connectivity index (χ0v) is 10.3. The van der Waals surface area contributed by atoms with Gasteiger partial charge in [0.1, 0.15) is 11.9 Å². The molecular formula is C15H9FN2O2. The predicted molar refractivity (Wildman–Crippen MR) is 72.4 cm³/mol. The molecule has 0 atom stereocenters. The van der Waals surface area contributed by atoms with Crippen molar-refractivity contribution in [2.75, 3.05) is 0 Å². The lowest BCUT2D eigenvalue weighted by Crippen LogP contribution is -1.97. The Morgan fingerprint density at radius 1 is 1.25 bits per heavy atom. The number of benzene rings is 2. The molecule has 5 heteroatoms. The fourth-order valence-corrected chi connectivity index (χ4v) is 1.73. The highest BCUT2D eigenvalue weighted by Crippen LogP contribution is 2.20. The molecule has 0 saturated carbocycles. The van der Waals surface area contributed by atoms with Gasteiger partial charge in [-0.2, -0.15) is 5.26 Å². The van der Waals surface area contributed by atoms with Gasteiger partial charge < -0.3 is 0 Å². The van der Waals surface area contributed by atoms with Crippen molar-refractivity contribution in [3.05, 3.63) is 81.2 Å². The maximum absolute atomic E-state index is 13.2. The number of hydrogen-bond acceptors (Lipinski definition) is 3. The quantitative estimate of drug-likeness (QED) is 0.486. The normalized spacial score (nSPS) is 10.9. The minimum atomic E-state index is -0.646. The standard InChI is InChI=1S/C15H9FN2O2/c16-14-7-6-11(8-13(14)10-17)9-15(18(19)20)12-4-2-1-3-5-12/h1-9H/b15-9+. The lowest BCUT2D eigenvalue weighted by atomic mass is 10.1. The van der Waals surface area contributed by atoms with E-state index < -0.39 is 10.7 Å². The van der Waals surface area contributed by atoms with E-state index in [0.29, 0.717) is 11.1 Å². The third-order valence-electron chi connectivity index (χ3n) is 2.68. The number of nitriles is 1. The van der Waals surface area contributed by atoms with Crippen molar-refractivity contribution in [1.82, 2.24) is 0 Å². The van der Waals surface area contributed by atoms with E-state index in [0.717, 1.165) is 6.07 Å². The van der Waals surface area contributed by atoms with Crippen molar-refractivity contribution in [3.8, 4) is 6.07 Å². The third kappa shape index (κ3) is 2.87. The van der Waals surface area contributed by atoms with Gasteiger partial charge in [-0.3, -0.25) is 10.1 Å². The highest BCUT2D eigenvalue weighted by atomic mass is 19.1. The summed E-state index contributed by atoms with van der Waals surface area (Å²) >= 11 is 0. The summed E-state index contributed by atoms with van der Waals surface area (Å²) < 4.78 is 13.2. The lowest BCUT2D eigenvalue weighted by molar-refractivity contribution is -0.374. The van der Waals surface area contributed by atoms with Gasteiger partial charge in [0.05, 0.1) is 16.1 Å².